The lowest BCUT2D eigenvalue weighted by molar-refractivity contribution is 0.477. The Labute approximate surface area is 444 Å². The van der Waals surface area contributed by atoms with Gasteiger partial charge in [-0.15, -0.1) is 0 Å². The minimum atomic E-state index is -0.404. The number of benzene rings is 8. The first kappa shape index (κ1) is 49.1. The van der Waals surface area contributed by atoms with Gasteiger partial charge in [0, 0.05) is 57.5 Å². The Morgan fingerprint density at radius 1 is 0.427 bits per heavy atom. The van der Waals surface area contributed by atoms with Gasteiger partial charge in [0.1, 0.15) is 17.3 Å². The number of pyridine rings is 1. The number of ether oxygens (including phenoxy) is 1. The topological polar surface area (TPSA) is 33.5 Å². The molecular formula is C70H68N4O. The highest BCUT2D eigenvalue weighted by molar-refractivity contribution is 6.12. The number of para-hydroxylation sites is 1. The molecule has 5 heteroatoms. The first-order valence-electron chi connectivity index (χ1n) is 26.4. The average Bonchev–Trinajstić information content (AvgIpc) is 4.07. The van der Waals surface area contributed by atoms with Gasteiger partial charge >= 0.3 is 0 Å². The monoisotopic (exact) mass is 981 g/mol. The fourth-order valence-corrected chi connectivity index (χ4v) is 10.9. The Morgan fingerprint density at radius 3 is 1.64 bits per heavy atom. The van der Waals surface area contributed by atoms with Crippen molar-refractivity contribution in [3.8, 4) is 28.4 Å². The van der Waals surface area contributed by atoms with E-state index in [9.17, 15) is 0 Å². The maximum absolute atomic E-state index is 7.36. The van der Waals surface area contributed by atoms with Gasteiger partial charge in [0.25, 0.3) is 0 Å². The number of anilines is 2. The number of fused-ring (bicyclic) bond motifs is 3. The Hall–Kier alpha value is -8.15. The van der Waals surface area contributed by atoms with Gasteiger partial charge in [-0.2, -0.15) is 0 Å². The summed E-state index contributed by atoms with van der Waals surface area (Å²) >= 11 is 0. The van der Waals surface area contributed by atoms with Crippen molar-refractivity contribution in [1.82, 2.24) is 9.55 Å². The number of aromatic nitrogens is 2. The Morgan fingerprint density at radius 2 is 0.987 bits per heavy atom. The molecule has 0 spiro atoms. The van der Waals surface area contributed by atoms with Gasteiger partial charge < -0.3 is 14.5 Å². The molecule has 0 bridgehead atoms. The van der Waals surface area contributed by atoms with Crippen LogP contribution in [0.5, 0.6) is 11.5 Å². The normalized spacial score (nSPS) is 13.4. The quantitative estimate of drug-likeness (QED) is 0.129. The molecule has 2 aromatic heterocycles. The number of nitrogens with zero attached hydrogens (tertiary/aromatic N) is 4. The molecule has 8 aromatic carbocycles. The average molecular weight is 981 g/mol. The molecule has 0 unspecified atom stereocenters. The fourth-order valence-electron chi connectivity index (χ4n) is 10.9. The SMILES string of the molecule is CC(C)(C)c1cc(Oc2cc(C(C)(C)c3ccccc3)c3c4ccccc4n(-c4cc(C(C)(C)c5ccccc5)ccn4)c3c2)cc(N2C=C(c3ccccc3)N(c3cc(-c4ccccc4)cc(C(C)(C)C)c3)C2)c1. The van der Waals surface area contributed by atoms with Crippen LogP contribution < -0.4 is 14.5 Å². The van der Waals surface area contributed by atoms with E-state index in [1.165, 1.54) is 55.3 Å². The Kier molecular flexibility index (Phi) is 12.4. The summed E-state index contributed by atoms with van der Waals surface area (Å²) in [6.07, 6.45) is 4.28. The molecule has 0 saturated heterocycles. The predicted octanol–water partition coefficient (Wildman–Crippen LogP) is 18.2. The van der Waals surface area contributed by atoms with Gasteiger partial charge in [-0.05, 0) is 109 Å². The lowest BCUT2D eigenvalue weighted by atomic mass is 9.76. The molecule has 1 aliphatic heterocycles. The van der Waals surface area contributed by atoms with Gasteiger partial charge in [0.2, 0.25) is 0 Å². The zero-order chi connectivity index (χ0) is 52.3. The highest BCUT2D eigenvalue weighted by Crippen LogP contribution is 2.46. The number of hydrogen-bond donors (Lipinski definition) is 0. The van der Waals surface area contributed by atoms with Crippen molar-refractivity contribution in [3.05, 3.63) is 258 Å². The second-order valence-electron chi connectivity index (χ2n) is 23.5. The summed E-state index contributed by atoms with van der Waals surface area (Å²) in [5.74, 6) is 2.41. The maximum atomic E-state index is 7.36. The molecule has 75 heavy (non-hydrogen) atoms. The fraction of sp³-hybridized carbons (Fsp3) is 0.214. The zero-order valence-corrected chi connectivity index (χ0v) is 45.2. The van der Waals surface area contributed by atoms with Crippen molar-refractivity contribution >= 4 is 38.9 Å². The molecular weight excluding hydrogens is 913 g/mol. The van der Waals surface area contributed by atoms with Crippen molar-refractivity contribution in [1.29, 1.82) is 0 Å². The van der Waals surface area contributed by atoms with E-state index in [0.717, 1.165) is 51.0 Å². The lowest BCUT2D eigenvalue weighted by Crippen LogP contribution is -2.27. The van der Waals surface area contributed by atoms with E-state index in [0.29, 0.717) is 6.67 Å². The minimum Gasteiger partial charge on any atom is -0.457 e. The van der Waals surface area contributed by atoms with Crippen LogP contribution in [0.4, 0.5) is 11.4 Å². The first-order valence-corrected chi connectivity index (χ1v) is 26.4. The van der Waals surface area contributed by atoms with Crippen LogP contribution in [0.15, 0.2) is 219 Å². The van der Waals surface area contributed by atoms with Crippen LogP contribution in [0.3, 0.4) is 0 Å². The highest BCUT2D eigenvalue weighted by Gasteiger charge is 2.32. The predicted molar refractivity (Wildman–Crippen MR) is 316 cm³/mol. The summed E-state index contributed by atoms with van der Waals surface area (Å²) in [4.78, 5) is 10.0. The van der Waals surface area contributed by atoms with E-state index in [1.54, 1.807) is 0 Å². The van der Waals surface area contributed by atoms with E-state index < -0.39 is 5.41 Å². The highest BCUT2D eigenvalue weighted by atomic mass is 16.5. The molecule has 5 nitrogen and oxygen atoms in total. The molecule has 0 N–H and O–H groups in total. The third-order valence-electron chi connectivity index (χ3n) is 15.6. The first-order chi connectivity index (χ1) is 35.9. The zero-order valence-electron chi connectivity index (χ0n) is 45.2. The van der Waals surface area contributed by atoms with Crippen LogP contribution >= 0.6 is 0 Å². The molecule has 10 aromatic rings. The molecule has 0 atom stereocenters. The minimum absolute atomic E-state index is 0.0593. The maximum Gasteiger partial charge on any atom is 0.137 e. The van der Waals surface area contributed by atoms with Crippen LogP contribution in [-0.4, -0.2) is 16.2 Å². The second kappa shape index (κ2) is 19.0. The van der Waals surface area contributed by atoms with E-state index in [4.69, 9.17) is 9.72 Å². The van der Waals surface area contributed by atoms with Crippen molar-refractivity contribution < 1.29 is 4.74 Å². The van der Waals surface area contributed by atoms with Gasteiger partial charge in [-0.3, -0.25) is 4.57 Å². The standard InChI is InChI=1S/C70H68N4O/c1-67(2,3)54-37-50(48-25-15-11-16-26-48)38-57(40-54)73-47-72(46-64(73)49-27-17-12-18-28-49)56-39-55(68(4,5)6)41-58(43-56)75-59-44-61(70(9,10)52-31-21-14-22-32-52)66-60-33-23-24-34-62(60)74(63(66)45-59)65-42-53(35-36-71-65)69(7,8)51-29-19-13-20-30-51/h11-46H,47H2,1-10H3. The largest absolute Gasteiger partial charge is 0.457 e. The van der Waals surface area contributed by atoms with E-state index in [1.807, 2.05) is 6.20 Å². The van der Waals surface area contributed by atoms with Crippen LogP contribution in [-0.2, 0) is 21.7 Å². The van der Waals surface area contributed by atoms with E-state index in [2.05, 4.69) is 296 Å². The van der Waals surface area contributed by atoms with Crippen LogP contribution in [0.2, 0.25) is 0 Å². The van der Waals surface area contributed by atoms with Crippen LogP contribution in [0, 0.1) is 0 Å². The van der Waals surface area contributed by atoms with E-state index >= 15 is 0 Å². The molecule has 1 aliphatic rings. The summed E-state index contributed by atoms with van der Waals surface area (Å²) in [5.41, 5.74) is 15.5. The molecule has 0 fully saturated rings. The lowest BCUT2D eigenvalue weighted by Gasteiger charge is -2.29. The molecule has 0 amide bonds. The molecule has 0 aliphatic carbocycles. The molecule has 3 heterocycles. The third kappa shape index (κ3) is 9.42. The van der Waals surface area contributed by atoms with Gasteiger partial charge in [-0.25, -0.2) is 4.98 Å². The second-order valence-corrected chi connectivity index (χ2v) is 23.5. The molecule has 374 valence electrons. The summed E-state index contributed by atoms with van der Waals surface area (Å²) in [6, 6.07) is 74.8. The van der Waals surface area contributed by atoms with E-state index in [-0.39, 0.29) is 16.2 Å². The third-order valence-corrected chi connectivity index (χ3v) is 15.6. The molecule has 11 rings (SSSR count). The van der Waals surface area contributed by atoms with Crippen LogP contribution in [0.1, 0.15) is 108 Å². The Bertz CT molecular complexity index is 3730. The summed E-state index contributed by atoms with van der Waals surface area (Å²) in [6.45, 7) is 23.6. The van der Waals surface area contributed by atoms with Crippen molar-refractivity contribution in [3.63, 3.8) is 0 Å². The van der Waals surface area contributed by atoms with Crippen molar-refractivity contribution in [2.45, 2.75) is 90.9 Å². The molecule has 0 saturated carbocycles. The number of rotatable bonds is 11. The van der Waals surface area contributed by atoms with Crippen LogP contribution in [0.25, 0.3) is 44.4 Å². The van der Waals surface area contributed by atoms with Gasteiger partial charge in [0.15, 0.2) is 0 Å². The van der Waals surface area contributed by atoms with Crippen molar-refractivity contribution in [2.75, 3.05) is 16.5 Å². The number of hydrogen-bond acceptors (Lipinski definition) is 4. The van der Waals surface area contributed by atoms with Gasteiger partial charge in [0.05, 0.1) is 23.4 Å². The summed E-state index contributed by atoms with van der Waals surface area (Å²) in [5, 5.41) is 2.36. The summed E-state index contributed by atoms with van der Waals surface area (Å²) in [7, 11) is 0. The van der Waals surface area contributed by atoms with Gasteiger partial charge in [-0.1, -0.05) is 215 Å². The summed E-state index contributed by atoms with van der Waals surface area (Å²) < 4.78 is 9.71. The Balaban J connectivity index is 1.07. The van der Waals surface area contributed by atoms with Crippen molar-refractivity contribution in [2.24, 2.45) is 0 Å². The smallest absolute Gasteiger partial charge is 0.137 e. The molecule has 0 radical (unpaired) electrons.